The zero-order chi connectivity index (χ0) is 13.6. The lowest BCUT2D eigenvalue weighted by Gasteiger charge is -2.35. The average Bonchev–Trinajstić information content (AvgIpc) is 2.96. The van der Waals surface area contributed by atoms with E-state index >= 15 is 0 Å². The summed E-state index contributed by atoms with van der Waals surface area (Å²) in [7, 11) is -3.44. The Morgan fingerprint density at radius 3 is 2.84 bits per heavy atom. The van der Waals surface area contributed by atoms with Crippen LogP contribution in [0.5, 0.6) is 0 Å². The number of amides is 2. The first-order chi connectivity index (χ1) is 8.98. The largest absolute Gasteiger partial charge is 0.336 e. The molecule has 2 saturated heterocycles. The van der Waals surface area contributed by atoms with Crippen molar-refractivity contribution in [2.45, 2.75) is 10.3 Å². The number of rotatable bonds is 2. The highest BCUT2D eigenvalue weighted by molar-refractivity contribution is 9.11. The molecule has 1 N–H and O–H groups in total. The Labute approximate surface area is 123 Å². The Balaban J connectivity index is 1.82. The van der Waals surface area contributed by atoms with Crippen LogP contribution in [0.4, 0.5) is 4.79 Å². The van der Waals surface area contributed by atoms with E-state index in [1.54, 1.807) is 17.0 Å². The summed E-state index contributed by atoms with van der Waals surface area (Å²) in [4.78, 5) is 13.2. The highest BCUT2D eigenvalue weighted by Gasteiger charge is 2.39. The minimum absolute atomic E-state index is 0.0561. The first-order valence-corrected chi connectivity index (χ1v) is 8.83. The van der Waals surface area contributed by atoms with Crippen LogP contribution in [0.15, 0.2) is 20.1 Å². The van der Waals surface area contributed by atoms with E-state index in [9.17, 15) is 13.2 Å². The van der Waals surface area contributed by atoms with E-state index in [1.807, 2.05) is 0 Å². The molecule has 2 aliphatic rings. The Kier molecular flexibility index (Phi) is 3.32. The fourth-order valence-corrected chi connectivity index (χ4v) is 5.99. The third kappa shape index (κ3) is 2.28. The summed E-state index contributed by atoms with van der Waals surface area (Å²) in [5.74, 6) is 0. The molecule has 104 valence electrons. The van der Waals surface area contributed by atoms with Gasteiger partial charge in [0.25, 0.3) is 10.0 Å². The summed E-state index contributed by atoms with van der Waals surface area (Å²) in [6, 6.07) is 3.18. The summed E-state index contributed by atoms with van der Waals surface area (Å²) in [6.07, 6.45) is 0. The summed E-state index contributed by atoms with van der Waals surface area (Å²) < 4.78 is 27.5. The molecule has 9 heteroatoms. The van der Waals surface area contributed by atoms with Crippen LogP contribution < -0.4 is 5.32 Å². The Bertz CT molecular complexity index is 615. The highest BCUT2D eigenvalue weighted by atomic mass is 79.9. The van der Waals surface area contributed by atoms with E-state index in [2.05, 4.69) is 21.2 Å². The molecule has 6 nitrogen and oxygen atoms in total. The molecule has 2 aliphatic heterocycles. The lowest BCUT2D eigenvalue weighted by atomic mass is 10.2. The van der Waals surface area contributed by atoms with E-state index in [-0.39, 0.29) is 12.1 Å². The van der Waals surface area contributed by atoms with Crippen LogP contribution in [-0.2, 0) is 10.0 Å². The standard InChI is InChI=1S/C10H12BrN3O3S2/c11-8-1-2-9(18-8)19(16,17)13-3-4-14-7(6-13)5-12-10(14)15/h1-2,7H,3-6H2,(H,12,15). The van der Waals surface area contributed by atoms with E-state index in [0.29, 0.717) is 30.4 Å². The van der Waals surface area contributed by atoms with Gasteiger partial charge in [-0.1, -0.05) is 0 Å². The second-order valence-corrected chi connectivity index (χ2v) is 9.08. The van der Waals surface area contributed by atoms with E-state index in [1.165, 1.54) is 15.6 Å². The van der Waals surface area contributed by atoms with Gasteiger partial charge in [-0.05, 0) is 28.1 Å². The molecule has 0 aromatic carbocycles. The number of halogens is 1. The molecule has 2 fully saturated rings. The van der Waals surface area contributed by atoms with Crippen molar-refractivity contribution in [1.29, 1.82) is 0 Å². The normalized spacial score (nSPS) is 24.4. The number of urea groups is 1. The van der Waals surface area contributed by atoms with Gasteiger partial charge in [0, 0.05) is 26.2 Å². The monoisotopic (exact) mass is 365 g/mol. The fraction of sp³-hybridized carbons (Fsp3) is 0.500. The van der Waals surface area contributed by atoms with Gasteiger partial charge >= 0.3 is 6.03 Å². The first-order valence-electron chi connectivity index (χ1n) is 5.78. The maximum Gasteiger partial charge on any atom is 0.317 e. The third-order valence-electron chi connectivity index (χ3n) is 3.34. The maximum atomic E-state index is 12.5. The number of fused-ring (bicyclic) bond motifs is 1. The molecule has 1 atom stereocenters. The first kappa shape index (κ1) is 13.3. The van der Waals surface area contributed by atoms with Crippen LogP contribution in [0.1, 0.15) is 0 Å². The molecule has 0 saturated carbocycles. The number of thiophene rings is 1. The van der Waals surface area contributed by atoms with Crippen LogP contribution >= 0.6 is 27.3 Å². The topological polar surface area (TPSA) is 69.7 Å². The second kappa shape index (κ2) is 4.72. The van der Waals surface area contributed by atoms with E-state index < -0.39 is 10.0 Å². The smallest absolute Gasteiger partial charge is 0.317 e. The van der Waals surface area contributed by atoms with Crippen LogP contribution in [0.2, 0.25) is 0 Å². The zero-order valence-corrected chi connectivity index (χ0v) is 13.1. The fourth-order valence-electron chi connectivity index (χ4n) is 2.36. The second-order valence-electron chi connectivity index (χ2n) is 4.45. The molecule has 1 unspecified atom stereocenters. The summed E-state index contributed by atoms with van der Waals surface area (Å²) in [5, 5.41) is 2.74. The van der Waals surface area contributed by atoms with Crippen molar-refractivity contribution >= 4 is 43.3 Å². The maximum absolute atomic E-state index is 12.5. The Morgan fingerprint density at radius 1 is 1.37 bits per heavy atom. The van der Waals surface area contributed by atoms with Crippen LogP contribution in [0.25, 0.3) is 0 Å². The van der Waals surface area contributed by atoms with Crippen molar-refractivity contribution in [2.75, 3.05) is 26.2 Å². The number of carbonyl (C=O) groups is 1. The van der Waals surface area contributed by atoms with Crippen molar-refractivity contribution in [1.82, 2.24) is 14.5 Å². The van der Waals surface area contributed by atoms with Crippen molar-refractivity contribution in [3.8, 4) is 0 Å². The van der Waals surface area contributed by atoms with Gasteiger partial charge in [-0.2, -0.15) is 4.31 Å². The zero-order valence-electron chi connectivity index (χ0n) is 9.87. The number of piperazine rings is 1. The van der Waals surface area contributed by atoms with Gasteiger partial charge < -0.3 is 10.2 Å². The minimum atomic E-state index is -3.44. The number of carbonyl (C=O) groups excluding carboxylic acids is 1. The number of nitrogens with one attached hydrogen (secondary N) is 1. The predicted molar refractivity (Wildman–Crippen MR) is 74.7 cm³/mol. The van der Waals surface area contributed by atoms with Crippen molar-refractivity contribution in [3.05, 3.63) is 15.9 Å². The van der Waals surface area contributed by atoms with Crippen molar-refractivity contribution in [3.63, 3.8) is 0 Å². The average molecular weight is 366 g/mol. The molecule has 0 spiro atoms. The number of hydrogen-bond acceptors (Lipinski definition) is 4. The lowest BCUT2D eigenvalue weighted by molar-refractivity contribution is 0.164. The molecule has 0 radical (unpaired) electrons. The molecular formula is C10H12BrN3O3S2. The summed E-state index contributed by atoms with van der Waals surface area (Å²) >= 11 is 4.48. The highest BCUT2D eigenvalue weighted by Crippen LogP contribution is 2.29. The molecule has 19 heavy (non-hydrogen) atoms. The van der Waals surface area contributed by atoms with Crippen molar-refractivity contribution < 1.29 is 13.2 Å². The van der Waals surface area contributed by atoms with E-state index in [4.69, 9.17) is 0 Å². The van der Waals surface area contributed by atoms with Gasteiger partial charge in [0.2, 0.25) is 0 Å². The molecule has 2 amide bonds. The van der Waals surface area contributed by atoms with E-state index in [0.717, 1.165) is 3.79 Å². The SMILES string of the molecule is O=C1NCC2CN(S(=O)(=O)c3ccc(Br)s3)CCN12. The van der Waals surface area contributed by atoms with Crippen LogP contribution in [-0.4, -0.2) is 55.9 Å². The molecule has 3 rings (SSSR count). The third-order valence-corrected chi connectivity index (χ3v) is 7.29. The molecule has 1 aromatic rings. The number of hydrogen-bond donors (Lipinski definition) is 1. The molecule has 1 aromatic heterocycles. The predicted octanol–water partition coefficient (Wildman–Crippen LogP) is 0.909. The Hall–Kier alpha value is -0.640. The van der Waals surface area contributed by atoms with Crippen LogP contribution in [0, 0.1) is 0 Å². The molecule has 0 bridgehead atoms. The minimum Gasteiger partial charge on any atom is -0.336 e. The van der Waals surface area contributed by atoms with Crippen LogP contribution in [0.3, 0.4) is 0 Å². The molecule has 0 aliphatic carbocycles. The summed E-state index contributed by atoms with van der Waals surface area (Å²) in [5.41, 5.74) is 0. The number of sulfonamides is 1. The van der Waals surface area contributed by atoms with Gasteiger partial charge in [0.15, 0.2) is 0 Å². The van der Waals surface area contributed by atoms with Gasteiger partial charge in [-0.3, -0.25) is 0 Å². The molecule has 3 heterocycles. The quantitative estimate of drug-likeness (QED) is 0.846. The van der Waals surface area contributed by atoms with Gasteiger partial charge in [-0.15, -0.1) is 11.3 Å². The Morgan fingerprint density at radius 2 is 2.16 bits per heavy atom. The summed E-state index contributed by atoms with van der Waals surface area (Å²) in [6.45, 7) is 1.67. The van der Waals surface area contributed by atoms with Gasteiger partial charge in [-0.25, -0.2) is 13.2 Å². The number of nitrogens with zero attached hydrogens (tertiary/aromatic N) is 2. The molecular weight excluding hydrogens is 354 g/mol. The van der Waals surface area contributed by atoms with Gasteiger partial charge in [0.05, 0.1) is 9.83 Å². The van der Waals surface area contributed by atoms with Crippen molar-refractivity contribution in [2.24, 2.45) is 0 Å². The van der Waals surface area contributed by atoms with Gasteiger partial charge in [0.1, 0.15) is 4.21 Å². The lowest BCUT2D eigenvalue weighted by Crippen LogP contribution is -2.53.